The van der Waals surface area contributed by atoms with Gasteiger partial charge in [-0.25, -0.2) is 9.37 Å². The second-order valence-corrected chi connectivity index (χ2v) is 8.51. The molecule has 0 atom stereocenters. The number of carbonyl (C=O) groups is 1. The van der Waals surface area contributed by atoms with Gasteiger partial charge >= 0.3 is 0 Å². The van der Waals surface area contributed by atoms with Crippen LogP contribution in [0.1, 0.15) is 21.7 Å². The molecular weight excluding hydrogens is 379 g/mol. The Morgan fingerprint density at radius 1 is 1.15 bits per heavy atom. The van der Waals surface area contributed by atoms with Gasteiger partial charge in [-0.15, -0.1) is 11.3 Å². The first-order chi connectivity index (χ1) is 13.0. The molecule has 0 aliphatic rings. The fourth-order valence-corrected chi connectivity index (χ4v) is 5.13. The largest absolute Gasteiger partial charge is 0.318 e. The van der Waals surface area contributed by atoms with E-state index >= 15 is 0 Å². The number of aryl methyl sites for hydroxylation is 1. The summed E-state index contributed by atoms with van der Waals surface area (Å²) in [6.07, 6.45) is 0. The van der Waals surface area contributed by atoms with Crippen molar-refractivity contribution in [3.05, 3.63) is 77.4 Å². The summed E-state index contributed by atoms with van der Waals surface area (Å²) in [4.78, 5) is 17.3. The van der Waals surface area contributed by atoms with Gasteiger partial charge in [-0.2, -0.15) is 0 Å². The summed E-state index contributed by atoms with van der Waals surface area (Å²) in [7, 11) is 0. The van der Waals surface area contributed by atoms with E-state index in [4.69, 9.17) is 0 Å². The number of fused-ring (bicyclic) bond motifs is 1. The van der Waals surface area contributed by atoms with Gasteiger partial charge in [0.2, 0.25) is 0 Å². The van der Waals surface area contributed by atoms with Crippen LogP contribution in [0.4, 0.5) is 4.39 Å². The molecule has 0 N–H and O–H groups in total. The number of hydrogen-bond acceptors (Lipinski definition) is 4. The van der Waals surface area contributed by atoms with Crippen molar-refractivity contribution < 1.29 is 9.18 Å². The number of aromatic nitrogens is 2. The van der Waals surface area contributed by atoms with Gasteiger partial charge in [-0.1, -0.05) is 30.0 Å². The topological polar surface area (TPSA) is 34.9 Å². The minimum Gasteiger partial charge on any atom is -0.318 e. The van der Waals surface area contributed by atoms with Crippen LogP contribution in [-0.2, 0) is 0 Å². The molecule has 0 saturated carbocycles. The number of nitrogens with zero attached hydrogens (tertiary/aromatic N) is 2. The van der Waals surface area contributed by atoms with E-state index in [9.17, 15) is 9.18 Å². The molecule has 0 saturated heterocycles. The number of Topliss-reactive ketones (excluding diaryl/α,β-unsaturated/α-hetero) is 1. The molecule has 3 nitrogen and oxygen atoms in total. The zero-order valence-electron chi connectivity index (χ0n) is 14.9. The molecule has 2 aromatic heterocycles. The molecule has 0 unspecified atom stereocenters. The van der Waals surface area contributed by atoms with Crippen LogP contribution in [0.15, 0.2) is 58.9 Å². The summed E-state index contributed by atoms with van der Waals surface area (Å²) in [6.45, 7) is 3.82. The molecule has 6 heteroatoms. The van der Waals surface area contributed by atoms with Crippen molar-refractivity contribution in [2.45, 2.75) is 18.2 Å². The maximum absolute atomic E-state index is 13.6. The molecule has 2 aromatic carbocycles. The lowest BCUT2D eigenvalue weighted by atomic mass is 10.2. The fraction of sp³-hybridized carbons (Fsp3) is 0.143. The Morgan fingerprint density at radius 2 is 1.96 bits per heavy atom. The Hall–Kier alpha value is -2.44. The third-order valence-corrected chi connectivity index (χ3v) is 6.58. The molecule has 0 amide bonds. The lowest BCUT2D eigenvalue weighted by Gasteiger charge is -2.09. The van der Waals surface area contributed by atoms with E-state index in [-0.39, 0.29) is 11.6 Å². The highest BCUT2D eigenvalue weighted by Gasteiger charge is 2.18. The molecule has 4 rings (SSSR count). The first-order valence-corrected chi connectivity index (χ1v) is 10.3. The Kier molecular flexibility index (Phi) is 4.85. The summed E-state index contributed by atoms with van der Waals surface area (Å²) in [5.41, 5.74) is 4.09. The highest BCUT2D eigenvalue weighted by molar-refractivity contribution is 8.01. The number of benzene rings is 2. The van der Waals surface area contributed by atoms with Gasteiger partial charge in [0.15, 0.2) is 10.1 Å². The van der Waals surface area contributed by atoms with Crippen molar-refractivity contribution in [1.29, 1.82) is 0 Å². The summed E-state index contributed by atoms with van der Waals surface area (Å²) in [5, 5.41) is 0. The van der Waals surface area contributed by atoms with E-state index in [1.54, 1.807) is 17.4 Å². The summed E-state index contributed by atoms with van der Waals surface area (Å²) < 4.78 is 17.5. The van der Waals surface area contributed by atoms with Crippen molar-refractivity contribution in [3.63, 3.8) is 0 Å². The first-order valence-electron chi connectivity index (χ1n) is 8.49. The smallest absolute Gasteiger partial charge is 0.174 e. The highest BCUT2D eigenvalue weighted by atomic mass is 32.2. The van der Waals surface area contributed by atoms with Crippen LogP contribution in [0.5, 0.6) is 0 Å². The SMILES string of the molecule is Cc1cc(C(=O)CSc2nc3ccccc3s2)c(C)n1-c1cccc(F)c1. The first kappa shape index (κ1) is 17.9. The minimum absolute atomic E-state index is 0.0509. The third kappa shape index (κ3) is 3.55. The average molecular weight is 397 g/mol. The van der Waals surface area contributed by atoms with E-state index in [1.165, 1.54) is 23.9 Å². The number of halogens is 1. The third-order valence-electron chi connectivity index (χ3n) is 4.40. The summed E-state index contributed by atoms with van der Waals surface area (Å²) in [5.74, 6) is 0.0852. The zero-order chi connectivity index (χ0) is 19.0. The van der Waals surface area contributed by atoms with E-state index in [0.29, 0.717) is 11.3 Å². The normalized spacial score (nSPS) is 11.2. The molecule has 2 heterocycles. The van der Waals surface area contributed by atoms with Gasteiger partial charge in [-0.3, -0.25) is 4.79 Å². The molecular formula is C21H17FN2OS2. The maximum atomic E-state index is 13.6. The van der Waals surface area contributed by atoms with Crippen LogP contribution in [0.2, 0.25) is 0 Å². The van der Waals surface area contributed by atoms with Gasteiger partial charge in [0.25, 0.3) is 0 Å². The van der Waals surface area contributed by atoms with Crippen LogP contribution in [0.25, 0.3) is 15.9 Å². The molecule has 0 radical (unpaired) electrons. The van der Waals surface area contributed by atoms with Gasteiger partial charge in [0.1, 0.15) is 5.82 Å². The van der Waals surface area contributed by atoms with E-state index in [1.807, 2.05) is 54.8 Å². The average Bonchev–Trinajstić information content (AvgIpc) is 3.20. The Bertz CT molecular complexity index is 1110. The molecule has 4 aromatic rings. The van der Waals surface area contributed by atoms with Crippen LogP contribution < -0.4 is 0 Å². The fourth-order valence-electron chi connectivity index (χ4n) is 3.18. The van der Waals surface area contributed by atoms with Crippen molar-refractivity contribution in [2.75, 3.05) is 5.75 Å². The summed E-state index contributed by atoms with van der Waals surface area (Å²) in [6, 6.07) is 16.2. The number of thiazole rings is 1. The Labute approximate surface area is 164 Å². The maximum Gasteiger partial charge on any atom is 0.174 e. The van der Waals surface area contributed by atoms with E-state index in [2.05, 4.69) is 4.98 Å². The molecule has 0 bridgehead atoms. The van der Waals surface area contributed by atoms with Crippen LogP contribution >= 0.6 is 23.1 Å². The molecule has 0 spiro atoms. The standard InChI is InChI=1S/C21H17FN2OS2/c1-13-10-17(14(2)24(13)16-7-5-6-15(22)11-16)19(25)12-26-21-23-18-8-3-4-9-20(18)27-21/h3-11H,12H2,1-2H3. The summed E-state index contributed by atoms with van der Waals surface area (Å²) >= 11 is 3.06. The Morgan fingerprint density at radius 3 is 2.74 bits per heavy atom. The number of para-hydroxylation sites is 1. The van der Waals surface area contributed by atoms with Crippen molar-refractivity contribution in [1.82, 2.24) is 9.55 Å². The lowest BCUT2D eigenvalue weighted by Crippen LogP contribution is -2.05. The lowest BCUT2D eigenvalue weighted by molar-refractivity contribution is 0.102. The van der Waals surface area contributed by atoms with Crippen molar-refractivity contribution >= 4 is 39.1 Å². The molecule has 136 valence electrons. The second-order valence-electron chi connectivity index (χ2n) is 6.26. The zero-order valence-corrected chi connectivity index (χ0v) is 16.5. The quantitative estimate of drug-likeness (QED) is 0.315. The van der Waals surface area contributed by atoms with Gasteiger partial charge < -0.3 is 4.57 Å². The van der Waals surface area contributed by atoms with Gasteiger partial charge in [-0.05, 0) is 50.2 Å². The number of rotatable bonds is 5. The number of hydrogen-bond donors (Lipinski definition) is 0. The van der Waals surface area contributed by atoms with Crippen LogP contribution in [-0.4, -0.2) is 21.1 Å². The van der Waals surface area contributed by atoms with E-state index in [0.717, 1.165) is 31.6 Å². The highest BCUT2D eigenvalue weighted by Crippen LogP contribution is 2.30. The minimum atomic E-state index is -0.292. The van der Waals surface area contributed by atoms with E-state index < -0.39 is 0 Å². The van der Waals surface area contributed by atoms with Gasteiger partial charge in [0.05, 0.1) is 16.0 Å². The predicted molar refractivity (Wildman–Crippen MR) is 110 cm³/mol. The Balaban J connectivity index is 1.56. The predicted octanol–water partition coefficient (Wildman–Crippen LogP) is 5.82. The second kappa shape index (κ2) is 7.29. The molecule has 0 aliphatic carbocycles. The monoisotopic (exact) mass is 396 g/mol. The van der Waals surface area contributed by atoms with Crippen molar-refractivity contribution in [3.8, 4) is 5.69 Å². The molecule has 0 fully saturated rings. The van der Waals surface area contributed by atoms with Crippen LogP contribution in [0, 0.1) is 19.7 Å². The van der Waals surface area contributed by atoms with Crippen LogP contribution in [0.3, 0.4) is 0 Å². The van der Waals surface area contributed by atoms with Crippen molar-refractivity contribution in [2.24, 2.45) is 0 Å². The number of ketones is 1. The number of carbonyl (C=O) groups excluding carboxylic acids is 1. The number of thioether (sulfide) groups is 1. The molecule has 27 heavy (non-hydrogen) atoms. The van der Waals surface area contributed by atoms with Gasteiger partial charge in [0, 0.05) is 22.6 Å². The molecule has 0 aliphatic heterocycles.